The maximum absolute atomic E-state index is 11.2. The number of ether oxygens (including phenoxy) is 1. The summed E-state index contributed by atoms with van der Waals surface area (Å²) in [6, 6.07) is 4.85. The van der Waals surface area contributed by atoms with Gasteiger partial charge in [0.1, 0.15) is 0 Å². The number of halogens is 1. The molecule has 0 amide bonds. The molecule has 0 aromatic heterocycles. The van der Waals surface area contributed by atoms with Crippen LogP contribution in [0.4, 0.5) is 0 Å². The second-order valence-electron chi connectivity index (χ2n) is 2.77. The summed E-state index contributed by atoms with van der Waals surface area (Å²) >= 11 is 5.86. The Hall–Kier alpha value is -1.06. The second kappa shape index (κ2) is 4.98. The van der Waals surface area contributed by atoms with Gasteiger partial charge in [0.25, 0.3) is 0 Å². The summed E-state index contributed by atoms with van der Waals surface area (Å²) in [4.78, 5) is 11.2. The molecule has 1 N–H and O–H groups in total. The molecule has 0 bridgehead atoms. The molecule has 0 aliphatic carbocycles. The number of hydrogen-bond acceptors (Lipinski definition) is 3. The fourth-order valence-corrected chi connectivity index (χ4v) is 1.34. The SMILES string of the molecule is COC(=O)c1ccc(Cl)c(CCO)c1. The Balaban J connectivity index is 2.99. The Kier molecular flexibility index (Phi) is 3.92. The lowest BCUT2D eigenvalue weighted by atomic mass is 10.1. The van der Waals surface area contributed by atoms with E-state index in [4.69, 9.17) is 16.7 Å². The zero-order valence-corrected chi connectivity index (χ0v) is 8.54. The molecular formula is C10H11ClO3. The summed E-state index contributed by atoms with van der Waals surface area (Å²) in [5.74, 6) is -0.402. The smallest absolute Gasteiger partial charge is 0.337 e. The monoisotopic (exact) mass is 214 g/mol. The van der Waals surface area contributed by atoms with E-state index >= 15 is 0 Å². The highest BCUT2D eigenvalue weighted by Gasteiger charge is 2.08. The van der Waals surface area contributed by atoms with Crippen LogP contribution in [0.5, 0.6) is 0 Å². The van der Waals surface area contributed by atoms with Crippen molar-refractivity contribution in [3.63, 3.8) is 0 Å². The third kappa shape index (κ3) is 2.47. The maximum atomic E-state index is 11.2. The summed E-state index contributed by atoms with van der Waals surface area (Å²) in [5, 5.41) is 9.30. The fourth-order valence-electron chi connectivity index (χ4n) is 1.13. The molecule has 14 heavy (non-hydrogen) atoms. The molecule has 76 valence electrons. The highest BCUT2D eigenvalue weighted by Crippen LogP contribution is 2.18. The van der Waals surface area contributed by atoms with E-state index in [1.165, 1.54) is 7.11 Å². The molecule has 0 spiro atoms. The van der Waals surface area contributed by atoms with E-state index < -0.39 is 5.97 Å². The van der Waals surface area contributed by atoms with Crippen LogP contribution < -0.4 is 0 Å². The second-order valence-corrected chi connectivity index (χ2v) is 3.18. The molecule has 0 fully saturated rings. The highest BCUT2D eigenvalue weighted by molar-refractivity contribution is 6.31. The van der Waals surface area contributed by atoms with Gasteiger partial charge in [-0.15, -0.1) is 0 Å². The van der Waals surface area contributed by atoms with Crippen LogP contribution in [0.3, 0.4) is 0 Å². The van der Waals surface area contributed by atoms with Gasteiger partial charge in [-0.25, -0.2) is 4.79 Å². The van der Waals surface area contributed by atoms with Crippen molar-refractivity contribution in [1.82, 2.24) is 0 Å². The number of carbonyl (C=O) groups is 1. The molecule has 4 heteroatoms. The van der Waals surface area contributed by atoms with E-state index in [0.717, 1.165) is 5.56 Å². The standard InChI is InChI=1S/C10H11ClO3/c1-14-10(13)8-2-3-9(11)7(6-8)4-5-12/h2-3,6,12H,4-5H2,1H3. The predicted octanol–water partition coefficient (Wildman–Crippen LogP) is 1.66. The van der Waals surface area contributed by atoms with Crippen LogP contribution in [-0.4, -0.2) is 24.8 Å². The van der Waals surface area contributed by atoms with E-state index in [0.29, 0.717) is 17.0 Å². The van der Waals surface area contributed by atoms with E-state index in [2.05, 4.69) is 4.74 Å². The van der Waals surface area contributed by atoms with Gasteiger partial charge in [0.15, 0.2) is 0 Å². The molecular weight excluding hydrogens is 204 g/mol. The van der Waals surface area contributed by atoms with Crippen LogP contribution in [0.1, 0.15) is 15.9 Å². The van der Waals surface area contributed by atoms with E-state index in [9.17, 15) is 4.79 Å². The molecule has 0 aliphatic rings. The number of hydrogen-bond donors (Lipinski definition) is 1. The zero-order valence-electron chi connectivity index (χ0n) is 7.79. The summed E-state index contributed by atoms with van der Waals surface area (Å²) < 4.78 is 4.56. The number of methoxy groups -OCH3 is 1. The van der Waals surface area contributed by atoms with Gasteiger partial charge in [-0.2, -0.15) is 0 Å². The molecule has 1 aromatic rings. The largest absolute Gasteiger partial charge is 0.465 e. The average Bonchev–Trinajstić information content (AvgIpc) is 2.20. The normalized spacial score (nSPS) is 9.93. The third-order valence-electron chi connectivity index (χ3n) is 1.85. The van der Waals surface area contributed by atoms with Crippen LogP contribution in [0, 0.1) is 0 Å². The van der Waals surface area contributed by atoms with Crippen molar-refractivity contribution in [3.05, 3.63) is 34.3 Å². The first-order chi connectivity index (χ1) is 6.69. The fraction of sp³-hybridized carbons (Fsp3) is 0.300. The van der Waals surface area contributed by atoms with Gasteiger partial charge in [0.05, 0.1) is 12.7 Å². The van der Waals surface area contributed by atoms with Crippen molar-refractivity contribution in [2.24, 2.45) is 0 Å². The topological polar surface area (TPSA) is 46.5 Å². The van der Waals surface area contributed by atoms with E-state index in [1.807, 2.05) is 0 Å². The quantitative estimate of drug-likeness (QED) is 0.779. The Morgan fingerprint density at radius 2 is 2.29 bits per heavy atom. The summed E-state index contributed by atoms with van der Waals surface area (Å²) in [6.45, 7) is 0.00431. The van der Waals surface area contributed by atoms with Gasteiger partial charge < -0.3 is 9.84 Å². The number of aliphatic hydroxyl groups is 1. The molecule has 0 saturated carbocycles. The summed E-state index contributed by atoms with van der Waals surface area (Å²) in [5.41, 5.74) is 1.19. The lowest BCUT2D eigenvalue weighted by molar-refractivity contribution is 0.0600. The van der Waals surface area contributed by atoms with Crippen molar-refractivity contribution in [1.29, 1.82) is 0 Å². The Bertz CT molecular complexity index is 336. The minimum atomic E-state index is -0.402. The van der Waals surface area contributed by atoms with Gasteiger partial charge in [-0.1, -0.05) is 11.6 Å². The highest BCUT2D eigenvalue weighted by atomic mass is 35.5. The molecule has 0 atom stereocenters. The Morgan fingerprint density at radius 1 is 1.57 bits per heavy atom. The molecule has 0 radical (unpaired) electrons. The minimum absolute atomic E-state index is 0.00431. The Labute approximate surface area is 87.3 Å². The Morgan fingerprint density at radius 3 is 2.86 bits per heavy atom. The van der Waals surface area contributed by atoms with Crippen molar-refractivity contribution in [2.45, 2.75) is 6.42 Å². The number of rotatable bonds is 3. The van der Waals surface area contributed by atoms with Crippen LogP contribution in [-0.2, 0) is 11.2 Å². The van der Waals surface area contributed by atoms with Crippen molar-refractivity contribution in [3.8, 4) is 0 Å². The molecule has 1 aromatic carbocycles. The molecule has 0 saturated heterocycles. The van der Waals surface area contributed by atoms with Gasteiger partial charge >= 0.3 is 5.97 Å². The lowest BCUT2D eigenvalue weighted by Gasteiger charge is -2.04. The predicted molar refractivity (Wildman–Crippen MR) is 53.6 cm³/mol. The summed E-state index contributed by atoms with van der Waals surface area (Å²) in [7, 11) is 1.32. The summed E-state index contributed by atoms with van der Waals surface area (Å²) in [6.07, 6.45) is 0.434. The number of benzene rings is 1. The van der Waals surface area contributed by atoms with Gasteiger partial charge in [0, 0.05) is 11.6 Å². The number of esters is 1. The van der Waals surface area contributed by atoms with Crippen molar-refractivity contribution >= 4 is 17.6 Å². The number of carbonyl (C=O) groups excluding carboxylic acids is 1. The van der Waals surface area contributed by atoms with E-state index in [1.54, 1.807) is 18.2 Å². The number of aliphatic hydroxyl groups excluding tert-OH is 1. The molecule has 1 rings (SSSR count). The van der Waals surface area contributed by atoms with Crippen molar-refractivity contribution in [2.75, 3.05) is 13.7 Å². The van der Waals surface area contributed by atoms with Crippen molar-refractivity contribution < 1.29 is 14.6 Å². The first kappa shape index (κ1) is 11.0. The molecule has 3 nitrogen and oxygen atoms in total. The van der Waals surface area contributed by atoms with Crippen LogP contribution in [0.2, 0.25) is 5.02 Å². The average molecular weight is 215 g/mol. The maximum Gasteiger partial charge on any atom is 0.337 e. The third-order valence-corrected chi connectivity index (χ3v) is 2.22. The van der Waals surface area contributed by atoms with Gasteiger partial charge in [-0.3, -0.25) is 0 Å². The lowest BCUT2D eigenvalue weighted by Crippen LogP contribution is -2.02. The molecule has 0 aliphatic heterocycles. The minimum Gasteiger partial charge on any atom is -0.465 e. The zero-order chi connectivity index (χ0) is 10.6. The van der Waals surface area contributed by atoms with Gasteiger partial charge in [-0.05, 0) is 30.2 Å². The van der Waals surface area contributed by atoms with Crippen LogP contribution >= 0.6 is 11.6 Å². The van der Waals surface area contributed by atoms with E-state index in [-0.39, 0.29) is 6.61 Å². The first-order valence-electron chi connectivity index (χ1n) is 4.16. The van der Waals surface area contributed by atoms with Gasteiger partial charge in [0.2, 0.25) is 0 Å². The molecule has 0 heterocycles. The molecule has 0 unspecified atom stereocenters. The first-order valence-corrected chi connectivity index (χ1v) is 4.54. The van der Waals surface area contributed by atoms with Crippen LogP contribution in [0.25, 0.3) is 0 Å². The van der Waals surface area contributed by atoms with Crippen LogP contribution in [0.15, 0.2) is 18.2 Å².